The fourth-order valence-corrected chi connectivity index (χ4v) is 6.72. The first-order valence-electron chi connectivity index (χ1n) is 18.4. The first-order chi connectivity index (χ1) is 20.5. The fourth-order valence-electron chi connectivity index (χ4n) is 6.72. The summed E-state index contributed by atoms with van der Waals surface area (Å²) in [4.78, 5) is 11.6. The standard InChI is InChI=1S/C37H68O5/c1-3-4-5-6-7-8-9-10-11-12-13-17-20-23-26-33(38)35-28-29-36(42-35)34(39)27-24-21-18-15-14-16-19-22-25-32-30-31(2)41-37(32)40/h30-31,33-36,38-39H,3-29H2,1-2H3/t31-,33+,34-,35+,36-/m1/s1. The molecule has 2 rings (SSSR count). The largest absolute Gasteiger partial charge is 0.455 e. The van der Waals surface area contributed by atoms with Crippen LogP contribution in [-0.2, 0) is 14.3 Å². The van der Waals surface area contributed by atoms with Crippen molar-refractivity contribution in [3.63, 3.8) is 0 Å². The molecule has 2 aliphatic heterocycles. The Labute approximate surface area is 259 Å². The number of unbranched alkanes of at least 4 members (excludes halogenated alkanes) is 20. The van der Waals surface area contributed by atoms with Crippen molar-refractivity contribution >= 4 is 5.97 Å². The van der Waals surface area contributed by atoms with Crippen molar-refractivity contribution in [1.29, 1.82) is 0 Å². The zero-order valence-corrected chi connectivity index (χ0v) is 27.7. The fraction of sp³-hybridized carbons (Fsp3) is 0.919. The Morgan fingerprint density at radius 2 is 1.02 bits per heavy atom. The van der Waals surface area contributed by atoms with Crippen molar-refractivity contribution in [2.75, 3.05) is 0 Å². The summed E-state index contributed by atoms with van der Waals surface area (Å²) in [6, 6.07) is 0. The number of ether oxygens (including phenoxy) is 2. The minimum absolute atomic E-state index is 0.0528. The molecule has 0 aromatic carbocycles. The van der Waals surface area contributed by atoms with E-state index >= 15 is 0 Å². The normalized spacial score (nSPS) is 22.0. The third kappa shape index (κ3) is 17.4. The second kappa shape index (κ2) is 24.4. The summed E-state index contributed by atoms with van der Waals surface area (Å²) in [6.45, 7) is 4.19. The molecule has 0 aromatic rings. The van der Waals surface area contributed by atoms with Crippen molar-refractivity contribution in [1.82, 2.24) is 0 Å². The van der Waals surface area contributed by atoms with Crippen LogP contribution >= 0.6 is 0 Å². The number of hydrogen-bond acceptors (Lipinski definition) is 5. The Hall–Kier alpha value is -0.910. The van der Waals surface area contributed by atoms with Gasteiger partial charge in [-0.2, -0.15) is 0 Å². The van der Waals surface area contributed by atoms with Crippen LogP contribution in [0.2, 0.25) is 0 Å². The molecule has 1 saturated heterocycles. The Balaban J connectivity index is 1.34. The highest BCUT2D eigenvalue weighted by Gasteiger charge is 2.34. The lowest BCUT2D eigenvalue weighted by Gasteiger charge is -2.22. The molecule has 0 bridgehead atoms. The highest BCUT2D eigenvalue weighted by molar-refractivity contribution is 5.90. The van der Waals surface area contributed by atoms with E-state index in [1.165, 1.54) is 116 Å². The van der Waals surface area contributed by atoms with Gasteiger partial charge in [-0.15, -0.1) is 0 Å². The number of esters is 1. The van der Waals surface area contributed by atoms with Crippen molar-refractivity contribution < 1.29 is 24.5 Å². The molecule has 5 nitrogen and oxygen atoms in total. The number of aliphatic hydroxyl groups excluding tert-OH is 2. The van der Waals surface area contributed by atoms with E-state index in [2.05, 4.69) is 6.92 Å². The quantitative estimate of drug-likeness (QED) is 0.0698. The van der Waals surface area contributed by atoms with Gasteiger partial charge in [0.2, 0.25) is 0 Å². The predicted octanol–water partition coefficient (Wildman–Crippen LogP) is 9.90. The molecule has 0 radical (unpaired) electrons. The molecule has 0 spiro atoms. The van der Waals surface area contributed by atoms with Gasteiger partial charge < -0.3 is 19.7 Å². The van der Waals surface area contributed by atoms with Gasteiger partial charge in [-0.1, -0.05) is 142 Å². The second-order valence-electron chi connectivity index (χ2n) is 13.5. The lowest BCUT2D eigenvalue weighted by molar-refractivity contribution is -0.139. The van der Waals surface area contributed by atoms with Crippen LogP contribution in [0.1, 0.15) is 187 Å². The molecule has 1 fully saturated rings. The Morgan fingerprint density at radius 3 is 1.40 bits per heavy atom. The Bertz CT molecular complexity index is 692. The number of carbonyl (C=O) groups is 1. The highest BCUT2D eigenvalue weighted by atomic mass is 16.5. The summed E-state index contributed by atoms with van der Waals surface area (Å²) < 4.78 is 11.3. The van der Waals surface area contributed by atoms with Gasteiger partial charge in [-0.05, 0) is 51.5 Å². The van der Waals surface area contributed by atoms with Gasteiger partial charge in [-0.3, -0.25) is 0 Å². The summed E-state index contributed by atoms with van der Waals surface area (Å²) in [5, 5.41) is 21.3. The van der Waals surface area contributed by atoms with Gasteiger partial charge in [-0.25, -0.2) is 4.79 Å². The maximum Gasteiger partial charge on any atom is 0.334 e. The van der Waals surface area contributed by atoms with Crippen LogP contribution in [0, 0.1) is 0 Å². The smallest absolute Gasteiger partial charge is 0.334 e. The molecular formula is C37H68O5. The molecule has 0 unspecified atom stereocenters. The van der Waals surface area contributed by atoms with Crippen LogP contribution in [0.5, 0.6) is 0 Å². The topological polar surface area (TPSA) is 76.0 Å². The molecule has 2 N–H and O–H groups in total. The van der Waals surface area contributed by atoms with E-state index in [0.29, 0.717) is 0 Å². The van der Waals surface area contributed by atoms with Gasteiger partial charge >= 0.3 is 5.97 Å². The van der Waals surface area contributed by atoms with E-state index in [-0.39, 0.29) is 30.4 Å². The molecule has 0 saturated carbocycles. The van der Waals surface area contributed by atoms with Crippen molar-refractivity contribution in [3.05, 3.63) is 11.6 Å². The van der Waals surface area contributed by atoms with E-state index in [1.807, 2.05) is 13.0 Å². The van der Waals surface area contributed by atoms with Gasteiger partial charge in [0.05, 0.1) is 24.4 Å². The molecule has 0 aromatic heterocycles. The number of cyclic esters (lactones) is 1. The van der Waals surface area contributed by atoms with E-state index < -0.39 is 6.10 Å². The zero-order valence-electron chi connectivity index (χ0n) is 27.7. The molecule has 42 heavy (non-hydrogen) atoms. The van der Waals surface area contributed by atoms with E-state index in [0.717, 1.165) is 63.4 Å². The van der Waals surface area contributed by atoms with E-state index in [4.69, 9.17) is 9.47 Å². The maximum absolute atomic E-state index is 11.6. The number of hydrogen-bond donors (Lipinski definition) is 2. The molecule has 0 amide bonds. The zero-order chi connectivity index (χ0) is 30.3. The molecule has 246 valence electrons. The Kier molecular flexibility index (Phi) is 21.7. The first-order valence-corrected chi connectivity index (χ1v) is 18.4. The number of carbonyl (C=O) groups excluding carboxylic acids is 1. The Morgan fingerprint density at radius 1 is 0.643 bits per heavy atom. The average Bonchev–Trinajstić information content (AvgIpc) is 3.60. The molecule has 0 aliphatic carbocycles. The summed E-state index contributed by atoms with van der Waals surface area (Å²) in [6.07, 6.45) is 33.4. The highest BCUT2D eigenvalue weighted by Crippen LogP contribution is 2.28. The third-order valence-corrected chi connectivity index (χ3v) is 9.48. The van der Waals surface area contributed by atoms with Crippen molar-refractivity contribution in [3.8, 4) is 0 Å². The van der Waals surface area contributed by atoms with Crippen LogP contribution in [0.15, 0.2) is 11.6 Å². The third-order valence-electron chi connectivity index (χ3n) is 9.48. The molecule has 5 heteroatoms. The maximum atomic E-state index is 11.6. The van der Waals surface area contributed by atoms with E-state index in [1.54, 1.807) is 0 Å². The van der Waals surface area contributed by atoms with Crippen LogP contribution in [-0.4, -0.2) is 46.7 Å². The molecule has 5 atom stereocenters. The monoisotopic (exact) mass is 593 g/mol. The average molecular weight is 593 g/mol. The first kappa shape index (κ1) is 37.3. The summed E-state index contributed by atoms with van der Waals surface area (Å²) in [5.41, 5.74) is 0.859. The molecular weight excluding hydrogens is 524 g/mol. The van der Waals surface area contributed by atoms with Gasteiger partial charge in [0.15, 0.2) is 0 Å². The van der Waals surface area contributed by atoms with Crippen LogP contribution in [0.25, 0.3) is 0 Å². The lowest BCUT2D eigenvalue weighted by atomic mass is 10.00. The SMILES string of the molecule is CCCCCCCCCCCCCCCC[C@H](O)[C@@H]1CC[C@H]([C@H](O)CCCCCCCCCCC2=C[C@@H](C)OC2=O)O1. The van der Waals surface area contributed by atoms with Gasteiger partial charge in [0.25, 0.3) is 0 Å². The predicted molar refractivity (Wildman–Crippen MR) is 175 cm³/mol. The lowest BCUT2D eigenvalue weighted by Crippen LogP contribution is -2.31. The summed E-state index contributed by atoms with van der Waals surface area (Å²) in [5.74, 6) is -0.125. The van der Waals surface area contributed by atoms with Crippen LogP contribution in [0.4, 0.5) is 0 Å². The van der Waals surface area contributed by atoms with E-state index in [9.17, 15) is 15.0 Å². The number of rotatable bonds is 28. The van der Waals surface area contributed by atoms with Gasteiger partial charge in [0, 0.05) is 5.57 Å². The van der Waals surface area contributed by atoms with Crippen LogP contribution in [0.3, 0.4) is 0 Å². The summed E-state index contributed by atoms with van der Waals surface area (Å²) >= 11 is 0. The molecule has 2 heterocycles. The van der Waals surface area contributed by atoms with Crippen LogP contribution < -0.4 is 0 Å². The van der Waals surface area contributed by atoms with Crippen molar-refractivity contribution in [2.24, 2.45) is 0 Å². The minimum Gasteiger partial charge on any atom is -0.455 e. The molecule has 2 aliphatic rings. The van der Waals surface area contributed by atoms with Crippen molar-refractivity contribution in [2.45, 2.75) is 218 Å². The number of aliphatic hydroxyl groups is 2. The minimum atomic E-state index is -0.400. The second-order valence-corrected chi connectivity index (χ2v) is 13.5. The summed E-state index contributed by atoms with van der Waals surface area (Å²) in [7, 11) is 0. The van der Waals surface area contributed by atoms with Gasteiger partial charge in [0.1, 0.15) is 6.10 Å².